The first-order chi connectivity index (χ1) is 17.8. The molecule has 7 nitrogen and oxygen atoms in total. The number of hydrogen-bond acceptors (Lipinski definition) is 5. The van der Waals surface area contributed by atoms with Crippen molar-refractivity contribution in [1.29, 1.82) is 0 Å². The van der Waals surface area contributed by atoms with Crippen molar-refractivity contribution in [3.63, 3.8) is 0 Å². The van der Waals surface area contributed by atoms with Gasteiger partial charge in [0.2, 0.25) is 5.43 Å². The number of methoxy groups -OCH3 is 1. The van der Waals surface area contributed by atoms with E-state index in [2.05, 4.69) is 6.92 Å². The van der Waals surface area contributed by atoms with Crippen LogP contribution in [0.5, 0.6) is 5.75 Å². The van der Waals surface area contributed by atoms with Crippen LogP contribution in [0, 0.1) is 11.7 Å². The highest BCUT2D eigenvalue weighted by molar-refractivity contribution is 6.03. The van der Waals surface area contributed by atoms with E-state index >= 15 is 4.39 Å². The van der Waals surface area contributed by atoms with Gasteiger partial charge in [-0.05, 0) is 29.0 Å². The van der Waals surface area contributed by atoms with Crippen LogP contribution in [0.3, 0.4) is 0 Å². The lowest BCUT2D eigenvalue weighted by molar-refractivity contribution is 0.0695. The molecule has 1 saturated heterocycles. The summed E-state index contributed by atoms with van der Waals surface area (Å²) >= 11 is 0. The van der Waals surface area contributed by atoms with Gasteiger partial charge in [0.25, 0.3) is 0 Å². The number of fused-ring (bicyclic) bond motifs is 1. The molecule has 2 heterocycles. The normalized spacial score (nSPS) is 15.3. The molecule has 3 aromatic carbocycles. The lowest BCUT2D eigenvalue weighted by Gasteiger charge is -2.25. The maximum Gasteiger partial charge on any atom is 0.341 e. The molecule has 1 unspecified atom stereocenters. The molecule has 0 aliphatic carbocycles. The van der Waals surface area contributed by atoms with E-state index in [4.69, 9.17) is 10.5 Å². The van der Waals surface area contributed by atoms with Crippen molar-refractivity contribution < 1.29 is 19.0 Å². The van der Waals surface area contributed by atoms with Crippen molar-refractivity contribution in [3.05, 3.63) is 88.0 Å². The van der Waals surface area contributed by atoms with Crippen molar-refractivity contribution in [2.75, 3.05) is 30.8 Å². The second-order valence-electron chi connectivity index (χ2n) is 9.54. The number of rotatable bonds is 6. The van der Waals surface area contributed by atoms with Crippen LogP contribution < -0.4 is 20.8 Å². The maximum absolute atomic E-state index is 15.7. The van der Waals surface area contributed by atoms with Gasteiger partial charge in [0.1, 0.15) is 11.3 Å². The number of carboxylic acids is 1. The number of aromatic carboxylic acids is 1. The van der Waals surface area contributed by atoms with Gasteiger partial charge in [-0.15, -0.1) is 0 Å². The zero-order valence-corrected chi connectivity index (χ0v) is 20.7. The summed E-state index contributed by atoms with van der Waals surface area (Å²) < 4.78 is 23.0. The lowest BCUT2D eigenvalue weighted by Crippen LogP contribution is -2.25. The molecular formula is C29H28FN3O4. The van der Waals surface area contributed by atoms with Gasteiger partial charge in [0.15, 0.2) is 11.6 Å². The molecule has 0 radical (unpaired) electrons. The van der Waals surface area contributed by atoms with E-state index in [1.54, 1.807) is 4.57 Å². The number of hydrogen-bond donors (Lipinski definition) is 2. The molecule has 1 aliphatic rings. The fourth-order valence-corrected chi connectivity index (χ4v) is 5.13. The van der Waals surface area contributed by atoms with Gasteiger partial charge in [-0.1, -0.05) is 61.5 Å². The third-order valence-electron chi connectivity index (χ3n) is 7.01. The molecule has 1 atom stereocenters. The minimum Gasteiger partial charge on any atom is -0.492 e. The van der Waals surface area contributed by atoms with E-state index in [-0.39, 0.29) is 34.6 Å². The number of nitrogens with zero attached hydrogens (tertiary/aromatic N) is 2. The van der Waals surface area contributed by atoms with E-state index in [0.29, 0.717) is 19.0 Å². The van der Waals surface area contributed by atoms with Crippen molar-refractivity contribution in [1.82, 2.24) is 4.57 Å². The van der Waals surface area contributed by atoms with Crippen molar-refractivity contribution in [2.45, 2.75) is 19.9 Å². The maximum atomic E-state index is 15.7. The van der Waals surface area contributed by atoms with Gasteiger partial charge in [0.05, 0.1) is 23.7 Å². The Kier molecular flexibility index (Phi) is 6.33. The Morgan fingerprint density at radius 2 is 1.81 bits per heavy atom. The van der Waals surface area contributed by atoms with Gasteiger partial charge in [-0.25, -0.2) is 9.18 Å². The summed E-state index contributed by atoms with van der Waals surface area (Å²) in [7, 11) is 1.42. The summed E-state index contributed by atoms with van der Waals surface area (Å²) in [6, 6.07) is 17.8. The van der Waals surface area contributed by atoms with Crippen LogP contribution in [0.1, 0.15) is 29.3 Å². The highest BCUT2D eigenvalue weighted by Crippen LogP contribution is 2.43. The summed E-state index contributed by atoms with van der Waals surface area (Å²) in [6.07, 6.45) is 2.17. The number of carbonyl (C=O) groups is 1. The molecule has 0 bridgehead atoms. The summed E-state index contributed by atoms with van der Waals surface area (Å²) in [5.74, 6) is -1.64. The molecule has 190 valence electrons. The number of pyridine rings is 1. The molecule has 0 spiro atoms. The van der Waals surface area contributed by atoms with Gasteiger partial charge >= 0.3 is 5.97 Å². The number of nitrogens with two attached hydrogens (primary N) is 1. The Balaban J connectivity index is 1.71. The molecule has 1 aromatic heterocycles. The first-order valence-corrected chi connectivity index (χ1v) is 12.1. The summed E-state index contributed by atoms with van der Waals surface area (Å²) in [5.41, 5.74) is 7.96. The summed E-state index contributed by atoms with van der Waals surface area (Å²) in [5, 5.41) is 9.55. The lowest BCUT2D eigenvalue weighted by atomic mass is 10.0. The van der Waals surface area contributed by atoms with Gasteiger partial charge in [-0.2, -0.15) is 0 Å². The molecule has 0 saturated carbocycles. The number of halogens is 1. The third kappa shape index (κ3) is 4.28. The topological polar surface area (TPSA) is 97.8 Å². The fourth-order valence-electron chi connectivity index (χ4n) is 5.13. The highest BCUT2D eigenvalue weighted by Gasteiger charge is 2.31. The number of nitrogen functional groups attached to an aromatic ring is 1. The van der Waals surface area contributed by atoms with Crippen LogP contribution in [0.4, 0.5) is 15.8 Å². The molecule has 4 aromatic rings. The SMILES string of the molecule is COc1c(N2CCC(C)C2)c(F)c(N)c2c(=O)c(C(=O)O)cn(Cc3ccc(-c4ccccc4)cc3)c12. The van der Waals surface area contributed by atoms with E-state index < -0.39 is 22.8 Å². The Morgan fingerprint density at radius 1 is 1.14 bits per heavy atom. The molecule has 8 heteroatoms. The number of benzene rings is 3. The van der Waals surface area contributed by atoms with E-state index in [0.717, 1.165) is 23.1 Å². The Hall–Kier alpha value is -4.33. The van der Waals surface area contributed by atoms with Crippen LogP contribution in [-0.2, 0) is 6.54 Å². The average molecular weight is 502 g/mol. The van der Waals surface area contributed by atoms with E-state index in [9.17, 15) is 14.7 Å². The Morgan fingerprint density at radius 3 is 2.41 bits per heavy atom. The van der Waals surface area contributed by atoms with Gasteiger partial charge in [-0.3, -0.25) is 4.79 Å². The third-order valence-corrected chi connectivity index (χ3v) is 7.01. The predicted octanol–water partition coefficient (Wildman–Crippen LogP) is 4.99. The average Bonchev–Trinajstić information content (AvgIpc) is 3.33. The number of carboxylic acid groups (broad SMARTS) is 1. The van der Waals surface area contributed by atoms with Crippen LogP contribution in [0.2, 0.25) is 0 Å². The van der Waals surface area contributed by atoms with Crippen molar-refractivity contribution in [3.8, 4) is 16.9 Å². The van der Waals surface area contributed by atoms with E-state index in [1.807, 2.05) is 59.5 Å². The molecule has 1 fully saturated rings. The molecule has 5 rings (SSSR count). The molecule has 37 heavy (non-hydrogen) atoms. The van der Waals surface area contributed by atoms with Gasteiger partial charge < -0.3 is 25.0 Å². The van der Waals surface area contributed by atoms with E-state index in [1.165, 1.54) is 13.3 Å². The largest absolute Gasteiger partial charge is 0.492 e. The first-order valence-electron chi connectivity index (χ1n) is 12.1. The number of ether oxygens (including phenoxy) is 1. The van der Waals surface area contributed by atoms with Crippen molar-refractivity contribution in [2.24, 2.45) is 5.92 Å². The van der Waals surface area contributed by atoms with Crippen LogP contribution in [0.25, 0.3) is 22.0 Å². The molecular weight excluding hydrogens is 473 g/mol. The smallest absolute Gasteiger partial charge is 0.341 e. The standard InChI is InChI=1S/C29H28FN3O4/c1-17-12-13-32(14-17)26-23(30)24(31)22-25(28(26)37-2)33(16-21(27(22)34)29(35)36)15-18-8-10-20(11-9-18)19-6-4-3-5-7-19/h3-11,16-17H,12-15,31H2,1-2H3,(H,35,36). The van der Waals surface area contributed by atoms with Crippen LogP contribution >= 0.6 is 0 Å². The second kappa shape index (κ2) is 9.61. The number of anilines is 2. The quantitative estimate of drug-likeness (QED) is 0.361. The summed E-state index contributed by atoms with van der Waals surface area (Å²) in [4.78, 5) is 27.0. The monoisotopic (exact) mass is 501 g/mol. The van der Waals surface area contributed by atoms with Crippen LogP contribution in [-0.4, -0.2) is 35.8 Å². The molecule has 0 amide bonds. The zero-order chi connectivity index (χ0) is 26.3. The molecule has 3 N–H and O–H groups in total. The highest BCUT2D eigenvalue weighted by atomic mass is 19.1. The number of aromatic nitrogens is 1. The first kappa shape index (κ1) is 24.4. The Bertz CT molecular complexity index is 1550. The fraction of sp³-hybridized carbons (Fsp3) is 0.241. The second-order valence-corrected chi connectivity index (χ2v) is 9.54. The minimum atomic E-state index is -1.41. The zero-order valence-electron chi connectivity index (χ0n) is 20.7. The van der Waals surface area contributed by atoms with Crippen molar-refractivity contribution >= 4 is 28.2 Å². The Labute approximate surface area is 213 Å². The molecule has 1 aliphatic heterocycles. The summed E-state index contributed by atoms with van der Waals surface area (Å²) in [6.45, 7) is 3.56. The van der Waals surface area contributed by atoms with Gasteiger partial charge in [0, 0.05) is 25.8 Å². The predicted molar refractivity (Wildman–Crippen MR) is 143 cm³/mol. The van der Waals surface area contributed by atoms with Crippen LogP contribution in [0.15, 0.2) is 65.6 Å². The minimum absolute atomic E-state index is 0.172.